The summed E-state index contributed by atoms with van der Waals surface area (Å²) < 4.78 is 14.0. The Hall–Kier alpha value is -2.48. The summed E-state index contributed by atoms with van der Waals surface area (Å²) in [6, 6.07) is 14.4. The highest BCUT2D eigenvalue weighted by atomic mass is 35.5. The molecule has 6 nitrogen and oxygen atoms in total. The number of hydrogen-bond acceptors (Lipinski definition) is 4. The van der Waals surface area contributed by atoms with Crippen molar-refractivity contribution in [1.29, 1.82) is 0 Å². The first kappa shape index (κ1) is 22.7. The summed E-state index contributed by atoms with van der Waals surface area (Å²) in [4.78, 5) is 33.4. The number of benzene rings is 2. The lowest BCUT2D eigenvalue weighted by Gasteiger charge is -2.38. The molecule has 4 rings (SSSR count). The average Bonchev–Trinajstić information content (AvgIpc) is 2.82. The topological polar surface area (TPSA) is 47.1 Å². The van der Waals surface area contributed by atoms with Crippen LogP contribution in [0.15, 0.2) is 48.5 Å². The van der Waals surface area contributed by atoms with Crippen LogP contribution in [0.2, 0.25) is 5.02 Å². The van der Waals surface area contributed by atoms with Crippen LogP contribution in [0.1, 0.15) is 15.9 Å². The maximum Gasteiger partial charge on any atom is 0.256 e. The molecule has 32 heavy (non-hydrogen) atoms. The van der Waals surface area contributed by atoms with Crippen LogP contribution >= 0.6 is 11.6 Å². The minimum atomic E-state index is -0.566. The molecule has 0 unspecified atom stereocenters. The standard InChI is InChI=1S/C24H28ClFN4O2/c25-20-6-7-22(26)21(16-20)24(32)30-14-10-28(11-15-30)18-23(31)29-12-8-27(9-13-29)17-19-4-2-1-3-5-19/h1-7,16H,8-15,17-18H2. The second-order valence-electron chi connectivity index (χ2n) is 8.34. The minimum absolute atomic E-state index is 0.00426. The maximum absolute atomic E-state index is 14.0. The molecule has 2 saturated heterocycles. The van der Waals surface area contributed by atoms with Gasteiger partial charge in [0.15, 0.2) is 0 Å². The molecule has 0 atom stereocenters. The molecular weight excluding hydrogens is 431 g/mol. The Morgan fingerprint density at radius 2 is 1.44 bits per heavy atom. The van der Waals surface area contributed by atoms with Gasteiger partial charge in [0.25, 0.3) is 5.91 Å². The van der Waals surface area contributed by atoms with Gasteiger partial charge in [0.1, 0.15) is 5.82 Å². The van der Waals surface area contributed by atoms with E-state index in [1.165, 1.54) is 23.8 Å². The van der Waals surface area contributed by atoms with Crippen LogP contribution < -0.4 is 0 Å². The molecule has 0 bridgehead atoms. The molecule has 0 spiro atoms. The Balaban J connectivity index is 1.21. The van der Waals surface area contributed by atoms with Gasteiger partial charge >= 0.3 is 0 Å². The van der Waals surface area contributed by atoms with Crippen molar-refractivity contribution in [2.24, 2.45) is 0 Å². The van der Waals surface area contributed by atoms with Crippen LogP contribution in [0, 0.1) is 5.82 Å². The summed E-state index contributed by atoms with van der Waals surface area (Å²) >= 11 is 5.91. The molecule has 170 valence electrons. The first-order valence-corrected chi connectivity index (χ1v) is 11.4. The van der Waals surface area contributed by atoms with Crippen molar-refractivity contribution in [3.63, 3.8) is 0 Å². The molecule has 0 saturated carbocycles. The highest BCUT2D eigenvalue weighted by Gasteiger charge is 2.27. The Labute approximate surface area is 193 Å². The number of amides is 2. The lowest BCUT2D eigenvalue weighted by atomic mass is 10.1. The Morgan fingerprint density at radius 1 is 0.812 bits per heavy atom. The third-order valence-corrected chi connectivity index (χ3v) is 6.39. The number of hydrogen-bond donors (Lipinski definition) is 0. The fourth-order valence-electron chi connectivity index (χ4n) is 4.23. The van der Waals surface area contributed by atoms with E-state index in [0.29, 0.717) is 37.7 Å². The molecule has 0 aliphatic carbocycles. The largest absolute Gasteiger partial charge is 0.339 e. The fraction of sp³-hybridized carbons (Fsp3) is 0.417. The first-order valence-electron chi connectivity index (χ1n) is 11.0. The van der Waals surface area contributed by atoms with Crippen molar-refractivity contribution >= 4 is 23.4 Å². The van der Waals surface area contributed by atoms with Crippen molar-refractivity contribution in [3.8, 4) is 0 Å². The zero-order valence-electron chi connectivity index (χ0n) is 18.1. The summed E-state index contributed by atoms with van der Waals surface area (Å²) in [6.07, 6.45) is 0. The molecule has 2 aliphatic heterocycles. The molecule has 8 heteroatoms. The third-order valence-electron chi connectivity index (χ3n) is 6.15. The van der Waals surface area contributed by atoms with E-state index in [1.807, 2.05) is 23.1 Å². The smallest absolute Gasteiger partial charge is 0.256 e. The Kier molecular flexibility index (Phi) is 7.40. The lowest BCUT2D eigenvalue weighted by molar-refractivity contribution is -0.134. The molecule has 0 aromatic heterocycles. The molecule has 0 N–H and O–H groups in total. The number of carbonyl (C=O) groups excluding carboxylic acids is 2. The van der Waals surface area contributed by atoms with Gasteiger partial charge in [-0.15, -0.1) is 0 Å². The van der Waals surface area contributed by atoms with E-state index in [2.05, 4.69) is 21.9 Å². The summed E-state index contributed by atoms with van der Waals surface area (Å²) in [5.41, 5.74) is 1.28. The summed E-state index contributed by atoms with van der Waals surface area (Å²) in [5.74, 6) is -0.793. The van der Waals surface area contributed by atoms with E-state index < -0.39 is 5.82 Å². The molecular formula is C24H28ClFN4O2. The lowest BCUT2D eigenvalue weighted by Crippen LogP contribution is -2.54. The van der Waals surface area contributed by atoms with E-state index >= 15 is 0 Å². The van der Waals surface area contributed by atoms with Crippen molar-refractivity contribution in [1.82, 2.24) is 19.6 Å². The number of halogens is 2. The number of rotatable bonds is 5. The number of piperazine rings is 2. The number of nitrogens with zero attached hydrogens (tertiary/aromatic N) is 4. The Morgan fingerprint density at radius 3 is 2.12 bits per heavy atom. The fourth-order valence-corrected chi connectivity index (χ4v) is 4.40. The highest BCUT2D eigenvalue weighted by molar-refractivity contribution is 6.31. The third kappa shape index (κ3) is 5.65. The average molecular weight is 459 g/mol. The van der Waals surface area contributed by atoms with E-state index in [1.54, 1.807) is 4.90 Å². The van der Waals surface area contributed by atoms with E-state index in [4.69, 9.17) is 11.6 Å². The van der Waals surface area contributed by atoms with Crippen LogP contribution in [0.25, 0.3) is 0 Å². The van der Waals surface area contributed by atoms with Gasteiger partial charge in [-0.1, -0.05) is 41.9 Å². The molecule has 2 fully saturated rings. The zero-order valence-corrected chi connectivity index (χ0v) is 18.8. The second kappa shape index (κ2) is 10.4. The Bertz CT molecular complexity index is 942. The SMILES string of the molecule is O=C(CN1CCN(C(=O)c2cc(Cl)ccc2F)CC1)N1CCN(Cc2ccccc2)CC1. The van der Waals surface area contributed by atoms with E-state index in [9.17, 15) is 14.0 Å². The van der Waals surface area contributed by atoms with Crippen molar-refractivity contribution in [2.45, 2.75) is 6.54 Å². The van der Waals surface area contributed by atoms with Gasteiger partial charge in [0.05, 0.1) is 12.1 Å². The van der Waals surface area contributed by atoms with Gasteiger partial charge in [0.2, 0.25) is 5.91 Å². The quantitative estimate of drug-likeness (QED) is 0.691. The molecule has 2 amide bonds. The second-order valence-corrected chi connectivity index (χ2v) is 8.77. The van der Waals surface area contributed by atoms with Crippen LogP contribution in [0.4, 0.5) is 4.39 Å². The first-order chi connectivity index (χ1) is 15.5. The van der Waals surface area contributed by atoms with E-state index in [0.717, 1.165) is 32.7 Å². The van der Waals surface area contributed by atoms with Gasteiger partial charge in [-0.3, -0.25) is 19.4 Å². The molecule has 2 aliphatic rings. The normalized spacial score (nSPS) is 18.1. The zero-order chi connectivity index (χ0) is 22.5. The van der Waals surface area contributed by atoms with Crippen molar-refractivity contribution < 1.29 is 14.0 Å². The van der Waals surface area contributed by atoms with Gasteiger partial charge in [-0.05, 0) is 23.8 Å². The van der Waals surface area contributed by atoms with Gasteiger partial charge in [-0.2, -0.15) is 0 Å². The van der Waals surface area contributed by atoms with Gasteiger partial charge < -0.3 is 9.80 Å². The van der Waals surface area contributed by atoms with E-state index in [-0.39, 0.29) is 17.4 Å². The molecule has 2 aromatic rings. The summed E-state index contributed by atoms with van der Waals surface area (Å²) in [6.45, 7) is 6.57. The summed E-state index contributed by atoms with van der Waals surface area (Å²) in [7, 11) is 0. The van der Waals surface area contributed by atoms with Crippen LogP contribution in [0.3, 0.4) is 0 Å². The van der Waals surface area contributed by atoms with Crippen molar-refractivity contribution in [2.75, 3.05) is 58.9 Å². The minimum Gasteiger partial charge on any atom is -0.339 e. The van der Waals surface area contributed by atoms with Crippen molar-refractivity contribution in [3.05, 3.63) is 70.5 Å². The molecule has 2 heterocycles. The maximum atomic E-state index is 14.0. The van der Waals surface area contributed by atoms with Crippen LogP contribution in [-0.2, 0) is 11.3 Å². The molecule has 0 radical (unpaired) electrons. The summed E-state index contributed by atoms with van der Waals surface area (Å²) in [5, 5.41) is 0.336. The van der Waals surface area contributed by atoms with Crippen LogP contribution in [0.5, 0.6) is 0 Å². The highest BCUT2D eigenvalue weighted by Crippen LogP contribution is 2.18. The van der Waals surface area contributed by atoms with Crippen LogP contribution in [-0.4, -0.2) is 90.3 Å². The van der Waals surface area contributed by atoms with Gasteiger partial charge in [-0.25, -0.2) is 4.39 Å². The predicted molar refractivity (Wildman–Crippen MR) is 122 cm³/mol. The molecule has 2 aromatic carbocycles. The van der Waals surface area contributed by atoms with Gasteiger partial charge in [0, 0.05) is 63.9 Å². The number of carbonyl (C=O) groups is 2. The monoisotopic (exact) mass is 458 g/mol. The predicted octanol–water partition coefficient (Wildman–Crippen LogP) is 2.58.